The molecular weight excluding hydrogens is 208 g/mol. The first kappa shape index (κ1) is 16.2. The van der Waals surface area contributed by atoms with E-state index < -0.39 is 0 Å². The first-order valence-corrected chi connectivity index (χ1v) is 6.61. The third kappa shape index (κ3) is 11.4. The maximum absolute atomic E-state index is 8.71. The number of aliphatic hydroxyl groups is 1. The molecule has 0 atom stereocenters. The highest BCUT2D eigenvalue weighted by Crippen LogP contribution is 2.11. The second-order valence-electron chi connectivity index (χ2n) is 4.97. The van der Waals surface area contributed by atoms with Gasteiger partial charge in [0.15, 0.2) is 0 Å². The molecule has 1 N–H and O–H groups in total. The van der Waals surface area contributed by atoms with Crippen LogP contribution in [0.1, 0.15) is 59.8 Å². The van der Waals surface area contributed by atoms with Gasteiger partial charge in [-0.2, -0.15) is 0 Å². The molecule has 0 rings (SSSR count). The van der Waals surface area contributed by atoms with Gasteiger partial charge in [-0.1, -0.05) is 34.9 Å². The van der Waals surface area contributed by atoms with E-state index in [1.54, 1.807) is 0 Å². The van der Waals surface area contributed by atoms with Crippen molar-refractivity contribution >= 4 is 0 Å². The molecule has 0 amide bonds. The Kier molecular flexibility index (Phi) is 9.84. The molecule has 0 radical (unpaired) electrons. The lowest BCUT2D eigenvalue weighted by Gasteiger charge is -2.01. The molecule has 1 nitrogen and oxygen atoms in total. The second-order valence-corrected chi connectivity index (χ2v) is 4.97. The van der Waals surface area contributed by atoms with Gasteiger partial charge in [-0.05, 0) is 59.8 Å². The predicted molar refractivity (Wildman–Crippen MR) is 77.1 cm³/mol. The van der Waals surface area contributed by atoms with E-state index in [4.69, 9.17) is 5.11 Å². The van der Waals surface area contributed by atoms with Crippen molar-refractivity contribution in [1.82, 2.24) is 0 Å². The average molecular weight is 236 g/mol. The van der Waals surface area contributed by atoms with Gasteiger partial charge in [0.1, 0.15) is 0 Å². The zero-order chi connectivity index (χ0) is 13.1. The van der Waals surface area contributed by atoms with Gasteiger partial charge in [0, 0.05) is 6.61 Å². The minimum absolute atomic E-state index is 0.259. The summed E-state index contributed by atoms with van der Waals surface area (Å²) in [6, 6.07) is 0. The van der Waals surface area contributed by atoms with E-state index in [0.29, 0.717) is 0 Å². The van der Waals surface area contributed by atoms with Gasteiger partial charge in [0.2, 0.25) is 0 Å². The van der Waals surface area contributed by atoms with Crippen molar-refractivity contribution in [1.29, 1.82) is 0 Å². The van der Waals surface area contributed by atoms with Gasteiger partial charge in [0.05, 0.1) is 0 Å². The van der Waals surface area contributed by atoms with Gasteiger partial charge >= 0.3 is 0 Å². The zero-order valence-electron chi connectivity index (χ0n) is 11.9. The van der Waals surface area contributed by atoms with Gasteiger partial charge in [-0.3, -0.25) is 0 Å². The second kappa shape index (κ2) is 10.3. The Morgan fingerprint density at radius 3 is 1.71 bits per heavy atom. The van der Waals surface area contributed by atoms with E-state index in [0.717, 1.165) is 25.7 Å². The van der Waals surface area contributed by atoms with Crippen LogP contribution in [0.3, 0.4) is 0 Å². The third-order valence-corrected chi connectivity index (χ3v) is 2.74. The van der Waals surface area contributed by atoms with Crippen LogP contribution in [-0.2, 0) is 0 Å². The molecule has 0 saturated carbocycles. The Balaban J connectivity index is 3.80. The molecule has 0 aromatic heterocycles. The quantitative estimate of drug-likeness (QED) is 0.601. The van der Waals surface area contributed by atoms with E-state index in [9.17, 15) is 0 Å². The van der Waals surface area contributed by atoms with Crippen LogP contribution in [0.5, 0.6) is 0 Å². The molecule has 98 valence electrons. The molecule has 0 unspecified atom stereocenters. The molecule has 0 spiro atoms. The van der Waals surface area contributed by atoms with E-state index in [1.807, 2.05) is 0 Å². The highest BCUT2D eigenvalue weighted by atomic mass is 16.2. The number of hydrogen-bond acceptors (Lipinski definition) is 1. The van der Waals surface area contributed by atoms with E-state index in [-0.39, 0.29) is 6.61 Å². The van der Waals surface area contributed by atoms with Crippen LogP contribution in [0.25, 0.3) is 0 Å². The first-order valence-electron chi connectivity index (χ1n) is 6.61. The molecule has 0 bridgehead atoms. The minimum Gasteiger partial charge on any atom is -0.396 e. The Bertz CT molecular complexity index is 278. The summed E-state index contributed by atoms with van der Waals surface area (Å²) in [5, 5.41) is 8.71. The van der Waals surface area contributed by atoms with Crippen LogP contribution in [0, 0.1) is 0 Å². The Hall–Kier alpha value is -0.820. The lowest BCUT2D eigenvalue weighted by molar-refractivity contribution is 0.302. The van der Waals surface area contributed by atoms with Crippen molar-refractivity contribution in [2.24, 2.45) is 0 Å². The fourth-order valence-corrected chi connectivity index (χ4v) is 1.65. The molecule has 0 aliphatic carbocycles. The van der Waals surface area contributed by atoms with E-state index >= 15 is 0 Å². The van der Waals surface area contributed by atoms with Crippen LogP contribution in [0.4, 0.5) is 0 Å². The highest BCUT2D eigenvalue weighted by Gasteiger charge is 1.91. The molecule has 17 heavy (non-hydrogen) atoms. The average Bonchev–Trinajstić information content (AvgIpc) is 2.25. The number of allylic oxidation sites excluding steroid dienone is 5. The smallest absolute Gasteiger partial charge is 0.0465 e. The van der Waals surface area contributed by atoms with Crippen molar-refractivity contribution in [3.8, 4) is 0 Å². The SMILES string of the molecule is CC(C)=CCC/C(C)=C/CCC(C)=CCCO. The lowest BCUT2D eigenvalue weighted by Crippen LogP contribution is -1.82. The monoisotopic (exact) mass is 236 g/mol. The maximum Gasteiger partial charge on any atom is 0.0465 e. The summed E-state index contributed by atoms with van der Waals surface area (Å²) in [4.78, 5) is 0. The molecule has 1 heteroatoms. The summed E-state index contributed by atoms with van der Waals surface area (Å²) in [6.45, 7) is 8.91. The predicted octanol–water partition coefficient (Wildman–Crippen LogP) is 4.79. The van der Waals surface area contributed by atoms with Gasteiger partial charge < -0.3 is 5.11 Å². The zero-order valence-corrected chi connectivity index (χ0v) is 11.9. The third-order valence-electron chi connectivity index (χ3n) is 2.74. The Labute approximate surface area is 107 Å². The van der Waals surface area contributed by atoms with Crippen LogP contribution >= 0.6 is 0 Å². The van der Waals surface area contributed by atoms with Crippen LogP contribution in [-0.4, -0.2) is 11.7 Å². The van der Waals surface area contributed by atoms with Crippen LogP contribution in [0.2, 0.25) is 0 Å². The minimum atomic E-state index is 0.259. The lowest BCUT2D eigenvalue weighted by atomic mass is 10.1. The van der Waals surface area contributed by atoms with Gasteiger partial charge in [-0.25, -0.2) is 0 Å². The molecule has 0 aromatic rings. The van der Waals surface area contributed by atoms with Gasteiger partial charge in [-0.15, -0.1) is 0 Å². The summed E-state index contributed by atoms with van der Waals surface area (Å²) in [5.41, 5.74) is 4.27. The summed E-state index contributed by atoms with van der Waals surface area (Å²) < 4.78 is 0. The van der Waals surface area contributed by atoms with Crippen molar-refractivity contribution in [2.75, 3.05) is 6.61 Å². The van der Waals surface area contributed by atoms with Crippen molar-refractivity contribution in [3.63, 3.8) is 0 Å². The Morgan fingerprint density at radius 2 is 1.24 bits per heavy atom. The molecular formula is C16H28O. The van der Waals surface area contributed by atoms with Crippen LogP contribution in [0.15, 0.2) is 34.9 Å². The Morgan fingerprint density at radius 1 is 0.765 bits per heavy atom. The molecule has 0 saturated heterocycles. The topological polar surface area (TPSA) is 20.2 Å². The fraction of sp³-hybridized carbons (Fsp3) is 0.625. The van der Waals surface area contributed by atoms with E-state index in [2.05, 4.69) is 45.9 Å². The van der Waals surface area contributed by atoms with Crippen LogP contribution < -0.4 is 0 Å². The van der Waals surface area contributed by atoms with Gasteiger partial charge in [0.25, 0.3) is 0 Å². The van der Waals surface area contributed by atoms with Crippen molar-refractivity contribution in [3.05, 3.63) is 34.9 Å². The van der Waals surface area contributed by atoms with Crippen molar-refractivity contribution in [2.45, 2.75) is 59.8 Å². The summed E-state index contributed by atoms with van der Waals surface area (Å²) in [5.74, 6) is 0. The maximum atomic E-state index is 8.71. The van der Waals surface area contributed by atoms with E-state index in [1.165, 1.54) is 23.1 Å². The molecule has 0 fully saturated rings. The summed E-state index contributed by atoms with van der Waals surface area (Å²) in [6.07, 6.45) is 12.1. The molecule has 0 heterocycles. The molecule has 0 aromatic carbocycles. The summed E-state index contributed by atoms with van der Waals surface area (Å²) in [7, 11) is 0. The number of aliphatic hydroxyl groups excluding tert-OH is 1. The summed E-state index contributed by atoms with van der Waals surface area (Å²) >= 11 is 0. The first-order chi connectivity index (χ1) is 8.06. The largest absolute Gasteiger partial charge is 0.396 e. The van der Waals surface area contributed by atoms with Crippen molar-refractivity contribution < 1.29 is 5.11 Å². The standard InChI is InChI=1S/C16H28O/c1-14(2)8-5-9-15(3)10-6-11-16(4)12-7-13-17/h8,10,12,17H,5-7,9,11,13H2,1-4H3/b15-10+,16-12?. The number of hydrogen-bond donors (Lipinski definition) is 1. The highest BCUT2D eigenvalue weighted by molar-refractivity contribution is 5.05. The number of rotatable bonds is 8. The molecule has 0 aliphatic heterocycles. The molecule has 0 aliphatic rings. The normalized spacial score (nSPS) is 12.8. The fourth-order valence-electron chi connectivity index (χ4n) is 1.65.